The van der Waals surface area contributed by atoms with Gasteiger partial charge in [-0.15, -0.1) is 0 Å². The minimum Gasteiger partial charge on any atom is -0.382 e. The van der Waals surface area contributed by atoms with Gasteiger partial charge >= 0.3 is 0 Å². The lowest BCUT2D eigenvalue weighted by molar-refractivity contribution is 0.100. The first-order chi connectivity index (χ1) is 9.60. The molecule has 0 bridgehead atoms. The third-order valence-electron chi connectivity index (χ3n) is 3.87. The molecule has 0 unspecified atom stereocenters. The van der Waals surface area contributed by atoms with Crippen LogP contribution in [0.5, 0.6) is 0 Å². The largest absolute Gasteiger partial charge is 0.382 e. The van der Waals surface area contributed by atoms with Crippen molar-refractivity contribution in [3.05, 3.63) is 17.8 Å². The van der Waals surface area contributed by atoms with Gasteiger partial charge in [-0.25, -0.2) is 0 Å². The minimum atomic E-state index is -0.620. The number of anilines is 1. The fourth-order valence-corrected chi connectivity index (χ4v) is 2.90. The van der Waals surface area contributed by atoms with Gasteiger partial charge in [0.05, 0.1) is 23.7 Å². The maximum Gasteiger partial charge on any atom is 0.254 e. The number of rotatable bonds is 3. The van der Waals surface area contributed by atoms with Crippen LogP contribution in [0.15, 0.2) is 6.58 Å². The highest BCUT2D eigenvalue weighted by atomic mass is 16.1. The van der Waals surface area contributed by atoms with E-state index in [1.807, 2.05) is 0 Å². The number of nitrogens with two attached hydrogens (primary N) is 2. The molecule has 106 valence electrons. The smallest absolute Gasteiger partial charge is 0.254 e. The Balaban J connectivity index is 2.50. The third kappa shape index (κ3) is 2.39. The molecular formula is C14H19N5O. The fraction of sp³-hybridized carbons (Fsp3) is 0.500. The summed E-state index contributed by atoms with van der Waals surface area (Å²) in [6, 6.07) is 2.27. The Morgan fingerprint density at radius 1 is 1.45 bits per heavy atom. The molecule has 6 nitrogen and oxygen atoms in total. The molecule has 1 saturated carbocycles. The van der Waals surface area contributed by atoms with Crippen LogP contribution in [0.4, 0.5) is 5.82 Å². The predicted octanol–water partition coefficient (Wildman–Crippen LogP) is 1.85. The van der Waals surface area contributed by atoms with E-state index < -0.39 is 5.91 Å². The van der Waals surface area contributed by atoms with Crippen molar-refractivity contribution in [1.29, 1.82) is 5.26 Å². The van der Waals surface area contributed by atoms with E-state index in [1.165, 1.54) is 6.08 Å². The molecule has 1 heterocycles. The Labute approximate surface area is 118 Å². The molecule has 0 radical (unpaired) electrons. The molecule has 0 aromatic carbocycles. The monoisotopic (exact) mass is 273 g/mol. The minimum absolute atomic E-state index is 0.0779. The first-order valence-electron chi connectivity index (χ1n) is 6.80. The van der Waals surface area contributed by atoms with E-state index in [2.05, 4.69) is 17.7 Å². The number of aromatic nitrogens is 2. The van der Waals surface area contributed by atoms with Gasteiger partial charge in [-0.3, -0.25) is 9.48 Å². The zero-order valence-electron chi connectivity index (χ0n) is 11.4. The maximum absolute atomic E-state index is 11.5. The lowest BCUT2D eigenvalue weighted by atomic mass is 9.96. The number of primary amides is 1. The van der Waals surface area contributed by atoms with Gasteiger partial charge in [0, 0.05) is 0 Å². The summed E-state index contributed by atoms with van der Waals surface area (Å²) in [5.41, 5.74) is 11.8. The number of hydrogen-bond acceptors (Lipinski definition) is 4. The van der Waals surface area contributed by atoms with E-state index in [1.54, 1.807) is 4.68 Å². The fourth-order valence-electron chi connectivity index (χ4n) is 2.90. The first kappa shape index (κ1) is 14.1. The summed E-state index contributed by atoms with van der Waals surface area (Å²) in [6.07, 6.45) is 6.39. The van der Waals surface area contributed by atoms with Crippen LogP contribution < -0.4 is 11.5 Å². The number of amides is 1. The summed E-state index contributed by atoms with van der Waals surface area (Å²) in [5.74, 6) is -0.643. The number of nitriles is 1. The molecule has 2 rings (SSSR count). The Morgan fingerprint density at radius 2 is 2.15 bits per heavy atom. The SMILES string of the molecule is C=Cc1c(C(N)=O)c(N)nn1[C@H]1CCCCC[C@@H]1C#N. The zero-order valence-corrected chi connectivity index (χ0v) is 11.4. The number of nitrogen functional groups attached to an aromatic ring is 1. The van der Waals surface area contributed by atoms with Crippen molar-refractivity contribution in [3.8, 4) is 6.07 Å². The van der Waals surface area contributed by atoms with Gasteiger partial charge in [0.2, 0.25) is 0 Å². The van der Waals surface area contributed by atoms with Crippen LogP contribution in [-0.4, -0.2) is 15.7 Å². The van der Waals surface area contributed by atoms with E-state index in [0.717, 1.165) is 32.1 Å². The van der Waals surface area contributed by atoms with Gasteiger partial charge in [-0.05, 0) is 18.9 Å². The van der Waals surface area contributed by atoms with Crippen molar-refractivity contribution in [3.63, 3.8) is 0 Å². The molecule has 0 saturated heterocycles. The summed E-state index contributed by atoms with van der Waals surface area (Å²) in [7, 11) is 0. The van der Waals surface area contributed by atoms with Gasteiger partial charge in [-0.1, -0.05) is 25.8 Å². The normalized spacial score (nSPS) is 22.8. The molecule has 1 aliphatic carbocycles. The Kier molecular flexibility index (Phi) is 4.08. The van der Waals surface area contributed by atoms with Crippen LogP contribution >= 0.6 is 0 Å². The molecule has 20 heavy (non-hydrogen) atoms. The second-order valence-corrected chi connectivity index (χ2v) is 5.10. The highest BCUT2D eigenvalue weighted by molar-refractivity contribution is 6.00. The molecule has 0 aliphatic heterocycles. The van der Waals surface area contributed by atoms with Crippen molar-refractivity contribution in [2.45, 2.75) is 38.1 Å². The topological polar surface area (TPSA) is 111 Å². The van der Waals surface area contributed by atoms with Crippen molar-refractivity contribution >= 4 is 17.8 Å². The predicted molar refractivity (Wildman–Crippen MR) is 76.5 cm³/mol. The molecule has 1 aromatic rings. The average Bonchev–Trinajstić information content (AvgIpc) is 2.61. The van der Waals surface area contributed by atoms with Crippen molar-refractivity contribution < 1.29 is 4.79 Å². The summed E-state index contributed by atoms with van der Waals surface area (Å²) in [6.45, 7) is 3.71. The second kappa shape index (κ2) is 5.78. The molecule has 1 fully saturated rings. The van der Waals surface area contributed by atoms with Gasteiger partial charge in [-0.2, -0.15) is 10.4 Å². The van der Waals surface area contributed by atoms with Crippen molar-refractivity contribution in [2.24, 2.45) is 11.7 Å². The first-order valence-corrected chi connectivity index (χ1v) is 6.80. The van der Waals surface area contributed by atoms with Crippen LogP contribution in [0, 0.1) is 17.2 Å². The van der Waals surface area contributed by atoms with Crippen LogP contribution in [0.25, 0.3) is 6.08 Å². The van der Waals surface area contributed by atoms with Crippen LogP contribution in [0.2, 0.25) is 0 Å². The molecule has 1 aliphatic rings. The summed E-state index contributed by atoms with van der Waals surface area (Å²) >= 11 is 0. The number of hydrogen-bond donors (Lipinski definition) is 2. The summed E-state index contributed by atoms with van der Waals surface area (Å²) in [4.78, 5) is 11.5. The van der Waals surface area contributed by atoms with E-state index >= 15 is 0 Å². The molecule has 0 spiro atoms. The molecule has 4 N–H and O–H groups in total. The quantitative estimate of drug-likeness (QED) is 0.818. The highest BCUT2D eigenvalue weighted by Crippen LogP contribution is 2.34. The molecular weight excluding hydrogens is 254 g/mol. The second-order valence-electron chi connectivity index (χ2n) is 5.10. The van der Waals surface area contributed by atoms with Gasteiger partial charge in [0.15, 0.2) is 5.82 Å². The van der Waals surface area contributed by atoms with Crippen LogP contribution in [0.3, 0.4) is 0 Å². The molecule has 6 heteroatoms. The van der Waals surface area contributed by atoms with Gasteiger partial charge in [0.25, 0.3) is 5.91 Å². The van der Waals surface area contributed by atoms with Gasteiger partial charge in [0.1, 0.15) is 5.56 Å². The standard InChI is InChI=1S/C14H19N5O/c1-2-10-12(14(17)20)13(16)18-19(10)11-7-5-3-4-6-9(11)8-15/h2,9,11H,1,3-7H2,(H2,16,18)(H2,17,20)/t9-,11+/m1/s1. The van der Waals surface area contributed by atoms with Crippen molar-refractivity contribution in [1.82, 2.24) is 9.78 Å². The van der Waals surface area contributed by atoms with Crippen molar-refractivity contribution in [2.75, 3.05) is 5.73 Å². The maximum atomic E-state index is 11.5. The number of carbonyl (C=O) groups is 1. The lowest BCUT2D eigenvalue weighted by Crippen LogP contribution is -2.20. The molecule has 2 atom stereocenters. The zero-order chi connectivity index (χ0) is 14.7. The summed E-state index contributed by atoms with van der Waals surface area (Å²) in [5, 5.41) is 13.6. The third-order valence-corrected chi connectivity index (χ3v) is 3.87. The van der Waals surface area contributed by atoms with Crippen LogP contribution in [-0.2, 0) is 0 Å². The van der Waals surface area contributed by atoms with Crippen LogP contribution in [0.1, 0.15) is 54.2 Å². The Bertz CT molecular complexity index is 569. The van der Waals surface area contributed by atoms with E-state index in [-0.39, 0.29) is 23.3 Å². The number of nitrogens with zero attached hydrogens (tertiary/aromatic N) is 3. The van der Waals surface area contributed by atoms with E-state index in [4.69, 9.17) is 11.5 Å². The molecule has 1 amide bonds. The lowest BCUT2D eigenvalue weighted by Gasteiger charge is -2.21. The Morgan fingerprint density at radius 3 is 2.75 bits per heavy atom. The van der Waals surface area contributed by atoms with E-state index in [9.17, 15) is 10.1 Å². The highest BCUT2D eigenvalue weighted by Gasteiger charge is 2.30. The summed E-state index contributed by atoms with van der Waals surface area (Å²) < 4.78 is 1.67. The number of carbonyl (C=O) groups excluding carboxylic acids is 1. The van der Waals surface area contributed by atoms with E-state index in [0.29, 0.717) is 5.69 Å². The van der Waals surface area contributed by atoms with Gasteiger partial charge < -0.3 is 11.5 Å². The molecule has 1 aromatic heterocycles. The Hall–Kier alpha value is -2.29. The average molecular weight is 273 g/mol.